The molecule has 0 bridgehead atoms. The van der Waals surface area contributed by atoms with Crippen molar-refractivity contribution in [3.05, 3.63) is 77.3 Å². The second-order valence-corrected chi connectivity index (χ2v) is 5.14. The van der Waals surface area contributed by atoms with E-state index in [1.54, 1.807) is 36.4 Å². The second-order valence-electron chi connectivity index (χ2n) is 4.73. The summed E-state index contributed by atoms with van der Waals surface area (Å²) in [4.78, 5) is 12.1. The SMILES string of the molecule is O=C(Nc1ccc(Nc2ccccc2)nn1)c1ccccc1Cl. The summed E-state index contributed by atoms with van der Waals surface area (Å²) in [6.45, 7) is 0. The highest BCUT2D eigenvalue weighted by Gasteiger charge is 2.10. The summed E-state index contributed by atoms with van der Waals surface area (Å²) in [5.74, 6) is 0.620. The van der Waals surface area contributed by atoms with Gasteiger partial charge in [0.25, 0.3) is 5.91 Å². The number of carbonyl (C=O) groups is 1. The first kappa shape index (κ1) is 15.0. The molecule has 6 heteroatoms. The van der Waals surface area contributed by atoms with Gasteiger partial charge in [0.2, 0.25) is 0 Å². The summed E-state index contributed by atoms with van der Waals surface area (Å²) >= 11 is 5.99. The number of halogens is 1. The molecule has 0 radical (unpaired) electrons. The van der Waals surface area contributed by atoms with Crippen LogP contribution in [0, 0.1) is 0 Å². The number of hydrogen-bond donors (Lipinski definition) is 2. The number of aromatic nitrogens is 2. The van der Waals surface area contributed by atoms with Crippen LogP contribution >= 0.6 is 11.6 Å². The molecular formula is C17H13ClN4O. The van der Waals surface area contributed by atoms with Crippen molar-refractivity contribution in [3.63, 3.8) is 0 Å². The molecule has 114 valence electrons. The lowest BCUT2D eigenvalue weighted by Crippen LogP contribution is -2.14. The van der Waals surface area contributed by atoms with E-state index in [1.165, 1.54) is 0 Å². The minimum Gasteiger partial charge on any atom is -0.339 e. The highest BCUT2D eigenvalue weighted by Crippen LogP contribution is 2.17. The van der Waals surface area contributed by atoms with E-state index in [1.807, 2.05) is 30.3 Å². The number of hydrogen-bond acceptors (Lipinski definition) is 4. The molecule has 0 fully saturated rings. The van der Waals surface area contributed by atoms with Crippen molar-refractivity contribution in [1.29, 1.82) is 0 Å². The fraction of sp³-hybridized carbons (Fsp3) is 0. The van der Waals surface area contributed by atoms with Gasteiger partial charge in [0.05, 0.1) is 10.6 Å². The summed E-state index contributed by atoms with van der Waals surface area (Å²) in [6.07, 6.45) is 0. The zero-order chi connectivity index (χ0) is 16.1. The maximum Gasteiger partial charge on any atom is 0.258 e. The van der Waals surface area contributed by atoms with Gasteiger partial charge in [-0.2, -0.15) is 0 Å². The predicted octanol–water partition coefficient (Wildman–Crippen LogP) is 4.13. The van der Waals surface area contributed by atoms with Crippen molar-refractivity contribution in [2.24, 2.45) is 0 Å². The van der Waals surface area contributed by atoms with E-state index in [-0.39, 0.29) is 5.91 Å². The Morgan fingerprint density at radius 2 is 1.48 bits per heavy atom. The number of nitrogens with one attached hydrogen (secondary N) is 2. The zero-order valence-corrected chi connectivity index (χ0v) is 12.8. The highest BCUT2D eigenvalue weighted by atomic mass is 35.5. The monoisotopic (exact) mass is 324 g/mol. The smallest absolute Gasteiger partial charge is 0.258 e. The largest absolute Gasteiger partial charge is 0.339 e. The van der Waals surface area contributed by atoms with Crippen molar-refractivity contribution < 1.29 is 4.79 Å². The van der Waals surface area contributed by atoms with E-state index in [4.69, 9.17) is 11.6 Å². The summed E-state index contributed by atoms with van der Waals surface area (Å²) in [5, 5.41) is 14.2. The maximum atomic E-state index is 12.1. The van der Waals surface area contributed by atoms with E-state index in [0.717, 1.165) is 5.69 Å². The van der Waals surface area contributed by atoms with Gasteiger partial charge >= 0.3 is 0 Å². The van der Waals surface area contributed by atoms with E-state index < -0.39 is 0 Å². The summed E-state index contributed by atoms with van der Waals surface area (Å²) < 4.78 is 0. The van der Waals surface area contributed by atoms with Crippen molar-refractivity contribution in [2.75, 3.05) is 10.6 Å². The van der Waals surface area contributed by atoms with Gasteiger partial charge in [0, 0.05) is 5.69 Å². The Morgan fingerprint density at radius 3 is 2.17 bits per heavy atom. The van der Waals surface area contributed by atoms with Crippen LogP contribution in [-0.2, 0) is 0 Å². The average molecular weight is 325 g/mol. The molecule has 0 spiro atoms. The van der Waals surface area contributed by atoms with Crippen LogP contribution in [0.2, 0.25) is 5.02 Å². The molecule has 3 rings (SSSR count). The molecule has 0 aliphatic rings. The molecule has 2 aromatic carbocycles. The van der Waals surface area contributed by atoms with Gasteiger partial charge in [-0.15, -0.1) is 10.2 Å². The lowest BCUT2D eigenvalue weighted by Gasteiger charge is -2.07. The summed E-state index contributed by atoms with van der Waals surface area (Å²) in [7, 11) is 0. The molecule has 2 N–H and O–H groups in total. The average Bonchev–Trinajstić information content (AvgIpc) is 2.58. The van der Waals surface area contributed by atoms with Crippen LogP contribution in [0.4, 0.5) is 17.3 Å². The number of carbonyl (C=O) groups excluding carboxylic acids is 1. The molecule has 1 heterocycles. The first-order valence-electron chi connectivity index (χ1n) is 6.94. The molecule has 1 amide bonds. The molecule has 0 unspecified atom stereocenters. The number of benzene rings is 2. The number of amides is 1. The van der Waals surface area contributed by atoms with E-state index >= 15 is 0 Å². The third-order valence-corrected chi connectivity index (χ3v) is 3.40. The first-order valence-corrected chi connectivity index (χ1v) is 7.32. The van der Waals surface area contributed by atoms with E-state index in [2.05, 4.69) is 20.8 Å². The van der Waals surface area contributed by atoms with Crippen molar-refractivity contribution in [2.45, 2.75) is 0 Å². The normalized spacial score (nSPS) is 10.1. The minimum absolute atomic E-state index is 0.325. The van der Waals surface area contributed by atoms with Crippen molar-refractivity contribution in [1.82, 2.24) is 10.2 Å². The molecule has 1 aromatic heterocycles. The molecular weight excluding hydrogens is 312 g/mol. The lowest BCUT2D eigenvalue weighted by molar-refractivity contribution is 0.102. The minimum atomic E-state index is -0.325. The fourth-order valence-corrected chi connectivity index (χ4v) is 2.19. The zero-order valence-electron chi connectivity index (χ0n) is 12.0. The molecule has 5 nitrogen and oxygen atoms in total. The molecule has 23 heavy (non-hydrogen) atoms. The van der Waals surface area contributed by atoms with Gasteiger partial charge in [-0.1, -0.05) is 41.9 Å². The Balaban J connectivity index is 1.68. The molecule has 3 aromatic rings. The predicted molar refractivity (Wildman–Crippen MR) is 91.2 cm³/mol. The van der Waals surface area contributed by atoms with Crippen molar-refractivity contribution in [3.8, 4) is 0 Å². The lowest BCUT2D eigenvalue weighted by atomic mass is 10.2. The van der Waals surface area contributed by atoms with Crippen LogP contribution in [0.3, 0.4) is 0 Å². The fourth-order valence-electron chi connectivity index (χ4n) is 1.96. The third kappa shape index (κ3) is 3.84. The summed E-state index contributed by atoms with van der Waals surface area (Å²) in [6, 6.07) is 19.9. The van der Waals surface area contributed by atoms with Gasteiger partial charge in [-0.05, 0) is 36.4 Å². The van der Waals surface area contributed by atoms with Gasteiger partial charge in [0.1, 0.15) is 0 Å². The van der Waals surface area contributed by atoms with Crippen LogP contribution in [0.5, 0.6) is 0 Å². The van der Waals surface area contributed by atoms with Crippen molar-refractivity contribution >= 4 is 34.8 Å². The Bertz CT molecular complexity index is 806. The Hall–Kier alpha value is -2.92. The highest BCUT2D eigenvalue weighted by molar-refractivity contribution is 6.34. The molecule has 0 aliphatic carbocycles. The van der Waals surface area contributed by atoms with Crippen LogP contribution in [0.15, 0.2) is 66.7 Å². The third-order valence-electron chi connectivity index (χ3n) is 3.07. The Labute approximate surface area is 138 Å². The number of para-hydroxylation sites is 1. The van der Waals surface area contributed by atoms with Crippen LogP contribution in [-0.4, -0.2) is 16.1 Å². The number of nitrogens with zero attached hydrogens (tertiary/aromatic N) is 2. The molecule has 0 aliphatic heterocycles. The van der Waals surface area contributed by atoms with Gasteiger partial charge in [-0.25, -0.2) is 0 Å². The topological polar surface area (TPSA) is 66.9 Å². The second kappa shape index (κ2) is 6.89. The number of rotatable bonds is 4. The van der Waals surface area contributed by atoms with Gasteiger partial charge in [0.15, 0.2) is 11.6 Å². The summed E-state index contributed by atoms with van der Waals surface area (Å²) in [5.41, 5.74) is 1.30. The maximum absolute atomic E-state index is 12.1. The Morgan fingerprint density at radius 1 is 0.826 bits per heavy atom. The van der Waals surface area contributed by atoms with Gasteiger partial charge < -0.3 is 10.6 Å². The molecule has 0 saturated carbocycles. The van der Waals surface area contributed by atoms with E-state index in [0.29, 0.717) is 22.2 Å². The quantitative estimate of drug-likeness (QED) is 0.757. The van der Waals surface area contributed by atoms with E-state index in [9.17, 15) is 4.79 Å². The van der Waals surface area contributed by atoms with Gasteiger partial charge in [-0.3, -0.25) is 4.79 Å². The first-order chi connectivity index (χ1) is 11.2. The standard InChI is InChI=1S/C17H13ClN4O/c18-14-9-5-4-8-13(14)17(23)20-16-11-10-15(21-22-16)19-12-6-2-1-3-7-12/h1-11H,(H,19,21)(H,20,22,23). The molecule has 0 saturated heterocycles. The van der Waals surface area contributed by atoms with Crippen LogP contribution < -0.4 is 10.6 Å². The number of anilines is 3. The Kier molecular flexibility index (Phi) is 4.49. The molecule has 0 atom stereocenters. The van der Waals surface area contributed by atoms with Crippen LogP contribution in [0.25, 0.3) is 0 Å². The van der Waals surface area contributed by atoms with Crippen LogP contribution in [0.1, 0.15) is 10.4 Å².